The van der Waals surface area contributed by atoms with E-state index in [1.807, 2.05) is 0 Å². The molecule has 1 fully saturated rings. The van der Waals surface area contributed by atoms with Gasteiger partial charge in [-0.15, -0.1) is 5.10 Å². The van der Waals surface area contributed by atoms with E-state index in [0.717, 1.165) is 17.8 Å². The Morgan fingerprint density at radius 3 is 2.74 bits per heavy atom. The molecule has 3 aromatic heterocycles. The van der Waals surface area contributed by atoms with Crippen LogP contribution in [0.15, 0.2) is 41.6 Å². The minimum atomic E-state index is -2.87. The number of anilines is 2. The molecule has 3 aromatic rings. The van der Waals surface area contributed by atoms with Crippen molar-refractivity contribution in [3.05, 3.63) is 52.8 Å². The van der Waals surface area contributed by atoms with Crippen molar-refractivity contribution < 1.29 is 18.3 Å². The lowest BCUT2D eigenvalue weighted by atomic mass is 10.2. The van der Waals surface area contributed by atoms with Gasteiger partial charge in [-0.3, -0.25) is 14.5 Å². The zero-order chi connectivity index (χ0) is 22.1. The maximum absolute atomic E-state index is 12.5. The summed E-state index contributed by atoms with van der Waals surface area (Å²) in [4.78, 5) is 18.5. The second-order valence-electron chi connectivity index (χ2n) is 7.44. The molecule has 0 aliphatic heterocycles. The van der Waals surface area contributed by atoms with Gasteiger partial charge in [-0.25, -0.2) is 4.68 Å². The number of aryl methyl sites for hydroxylation is 2. The maximum atomic E-state index is 12.5. The summed E-state index contributed by atoms with van der Waals surface area (Å²) in [6.45, 7) is -2.46. The number of ether oxygens (including phenoxy) is 2. The molecule has 1 aliphatic carbocycles. The molecule has 0 bridgehead atoms. The highest BCUT2D eigenvalue weighted by atomic mass is 19.3. The zero-order valence-electron chi connectivity index (χ0n) is 17.3. The van der Waals surface area contributed by atoms with Crippen molar-refractivity contribution in [2.75, 3.05) is 18.6 Å². The second kappa shape index (κ2) is 8.32. The van der Waals surface area contributed by atoms with Gasteiger partial charge in [0.1, 0.15) is 11.4 Å². The van der Waals surface area contributed by atoms with Crippen molar-refractivity contribution >= 4 is 11.4 Å². The Labute approximate surface area is 176 Å². The van der Waals surface area contributed by atoms with Crippen molar-refractivity contribution in [3.63, 3.8) is 0 Å². The highest BCUT2D eigenvalue weighted by molar-refractivity contribution is 5.60. The molecule has 1 saturated carbocycles. The molecule has 1 aliphatic rings. The molecule has 0 radical (unpaired) electrons. The fourth-order valence-corrected chi connectivity index (χ4v) is 3.37. The zero-order valence-corrected chi connectivity index (χ0v) is 17.3. The molecule has 0 aromatic carbocycles. The van der Waals surface area contributed by atoms with E-state index in [1.165, 1.54) is 16.9 Å². The largest absolute Gasteiger partial charge is 0.476 e. The molecular formula is C20H22F2N6O3. The van der Waals surface area contributed by atoms with Gasteiger partial charge in [0.2, 0.25) is 5.88 Å². The predicted octanol–water partition coefficient (Wildman–Crippen LogP) is 2.46. The first-order valence-corrected chi connectivity index (χ1v) is 9.66. The summed E-state index contributed by atoms with van der Waals surface area (Å²) in [7, 11) is 5.15. The average molecular weight is 432 g/mol. The molecule has 164 valence electrons. The van der Waals surface area contributed by atoms with Crippen molar-refractivity contribution in [1.82, 2.24) is 24.5 Å². The van der Waals surface area contributed by atoms with E-state index >= 15 is 0 Å². The molecule has 0 spiro atoms. The summed E-state index contributed by atoms with van der Waals surface area (Å²) in [5.74, 6) is 0.789. The van der Waals surface area contributed by atoms with Gasteiger partial charge in [0.05, 0.1) is 24.7 Å². The minimum absolute atomic E-state index is 0.0341. The van der Waals surface area contributed by atoms with E-state index in [2.05, 4.69) is 19.9 Å². The van der Waals surface area contributed by atoms with E-state index in [0.29, 0.717) is 18.2 Å². The lowest BCUT2D eigenvalue weighted by Gasteiger charge is -2.17. The van der Waals surface area contributed by atoms with Gasteiger partial charge < -0.3 is 14.4 Å². The van der Waals surface area contributed by atoms with E-state index in [-0.39, 0.29) is 23.1 Å². The lowest BCUT2D eigenvalue weighted by molar-refractivity contribution is -0.0500. The number of pyridine rings is 1. The average Bonchev–Trinajstić information content (AvgIpc) is 3.38. The standard InChI is InChI=1S/C20H22F2N6O3/c1-26-10-13(8-24-26)27(2)17-7-18(25-28(3)19(17)29)30-11-12-6-15(12)16-5-4-14(9-23-16)31-20(21)22/h4-5,7-10,12,15,20H,6,11H2,1-3H3/t12-,15+/m1/s1. The molecule has 4 rings (SSSR count). The van der Waals surface area contributed by atoms with E-state index < -0.39 is 6.61 Å². The third-order valence-corrected chi connectivity index (χ3v) is 5.19. The summed E-state index contributed by atoms with van der Waals surface area (Å²) < 4.78 is 37.6. The first kappa shape index (κ1) is 20.8. The summed E-state index contributed by atoms with van der Waals surface area (Å²) in [5.41, 5.74) is 1.74. The fraction of sp³-hybridized carbons (Fsp3) is 0.400. The van der Waals surface area contributed by atoms with Crippen LogP contribution < -0.4 is 19.9 Å². The van der Waals surface area contributed by atoms with E-state index in [4.69, 9.17) is 4.74 Å². The normalized spacial score (nSPS) is 17.6. The molecule has 2 atom stereocenters. The SMILES string of the molecule is CN(c1cnn(C)c1)c1cc(OC[C@H]2C[C@@H]2c2ccc(OC(F)F)cn2)nn(C)c1=O. The van der Waals surface area contributed by atoms with Crippen LogP contribution in [0.5, 0.6) is 11.6 Å². The minimum Gasteiger partial charge on any atom is -0.476 e. The smallest absolute Gasteiger partial charge is 0.387 e. The lowest BCUT2D eigenvalue weighted by Crippen LogP contribution is -2.27. The van der Waals surface area contributed by atoms with Crippen molar-refractivity contribution in [2.24, 2.45) is 20.0 Å². The molecule has 0 amide bonds. The Balaban J connectivity index is 1.40. The maximum Gasteiger partial charge on any atom is 0.387 e. The quantitative estimate of drug-likeness (QED) is 0.540. The Bertz CT molecular complexity index is 1110. The number of hydrogen-bond donors (Lipinski definition) is 0. The number of alkyl halides is 2. The van der Waals surface area contributed by atoms with Crippen LogP contribution in [-0.4, -0.2) is 44.8 Å². The van der Waals surface area contributed by atoms with Gasteiger partial charge >= 0.3 is 6.61 Å². The molecule has 0 N–H and O–H groups in total. The fourth-order valence-electron chi connectivity index (χ4n) is 3.37. The van der Waals surface area contributed by atoms with Gasteiger partial charge in [-0.2, -0.15) is 13.9 Å². The first-order valence-electron chi connectivity index (χ1n) is 9.66. The highest BCUT2D eigenvalue weighted by Gasteiger charge is 2.40. The van der Waals surface area contributed by atoms with Crippen LogP contribution in [-0.2, 0) is 14.1 Å². The van der Waals surface area contributed by atoms with Crippen LogP contribution in [0.4, 0.5) is 20.2 Å². The summed E-state index contributed by atoms with van der Waals surface area (Å²) in [5, 5.41) is 8.31. The Hall–Kier alpha value is -3.50. The third kappa shape index (κ3) is 4.65. The topological polar surface area (TPSA) is 87.3 Å². The first-order chi connectivity index (χ1) is 14.8. The number of nitrogens with zero attached hydrogens (tertiary/aromatic N) is 6. The second-order valence-corrected chi connectivity index (χ2v) is 7.44. The van der Waals surface area contributed by atoms with Crippen LogP contribution in [0.25, 0.3) is 0 Å². The van der Waals surface area contributed by atoms with Gasteiger partial charge in [0, 0.05) is 50.9 Å². The van der Waals surface area contributed by atoms with Gasteiger partial charge in [0.25, 0.3) is 5.56 Å². The molecule has 3 heterocycles. The van der Waals surface area contributed by atoms with Gasteiger partial charge in [0.15, 0.2) is 0 Å². The molecular weight excluding hydrogens is 410 g/mol. The van der Waals surface area contributed by atoms with Crippen molar-refractivity contribution in [1.29, 1.82) is 0 Å². The summed E-state index contributed by atoms with van der Waals surface area (Å²) in [6.07, 6.45) is 5.64. The highest BCUT2D eigenvalue weighted by Crippen LogP contribution is 2.46. The van der Waals surface area contributed by atoms with Crippen molar-refractivity contribution in [3.8, 4) is 11.6 Å². The summed E-state index contributed by atoms with van der Waals surface area (Å²) >= 11 is 0. The Morgan fingerprint density at radius 1 is 1.29 bits per heavy atom. The monoisotopic (exact) mass is 432 g/mol. The van der Waals surface area contributed by atoms with Gasteiger partial charge in [-0.05, 0) is 18.6 Å². The van der Waals surface area contributed by atoms with Crippen LogP contribution in [0.3, 0.4) is 0 Å². The van der Waals surface area contributed by atoms with Crippen LogP contribution in [0.2, 0.25) is 0 Å². The molecule has 9 nitrogen and oxygen atoms in total. The predicted molar refractivity (Wildman–Crippen MR) is 108 cm³/mol. The van der Waals surface area contributed by atoms with Crippen LogP contribution in [0.1, 0.15) is 18.0 Å². The van der Waals surface area contributed by atoms with Crippen LogP contribution in [0, 0.1) is 5.92 Å². The number of aromatic nitrogens is 5. The number of halogens is 2. The summed E-state index contributed by atoms with van der Waals surface area (Å²) in [6, 6.07) is 4.79. The number of rotatable bonds is 8. The molecule has 11 heteroatoms. The number of hydrogen-bond acceptors (Lipinski definition) is 7. The Kier molecular flexibility index (Phi) is 5.57. The Morgan fingerprint density at radius 2 is 2.10 bits per heavy atom. The van der Waals surface area contributed by atoms with E-state index in [1.54, 1.807) is 55.3 Å². The third-order valence-electron chi connectivity index (χ3n) is 5.19. The van der Waals surface area contributed by atoms with Crippen LogP contribution >= 0.6 is 0 Å². The van der Waals surface area contributed by atoms with E-state index in [9.17, 15) is 13.6 Å². The van der Waals surface area contributed by atoms with Gasteiger partial charge in [-0.1, -0.05) is 0 Å². The molecule has 0 saturated heterocycles. The van der Waals surface area contributed by atoms with Crippen molar-refractivity contribution in [2.45, 2.75) is 19.0 Å². The molecule has 0 unspecified atom stereocenters. The molecule has 31 heavy (non-hydrogen) atoms.